The summed E-state index contributed by atoms with van der Waals surface area (Å²) in [6, 6.07) is 2.01. The first-order valence-electron chi connectivity index (χ1n) is 6.16. The van der Waals surface area contributed by atoms with Crippen molar-refractivity contribution in [2.75, 3.05) is 0 Å². The summed E-state index contributed by atoms with van der Waals surface area (Å²) in [7, 11) is 0. The molecule has 2 unspecified atom stereocenters. The standard InChI is InChI=1S/C15H20O/c1-4-14(15-12(3)8-9-16-15)13-7-5-6-11(2)10-13/h8-9,11,13H,1,5-7,10H2,2-3H3. The van der Waals surface area contributed by atoms with Gasteiger partial charge < -0.3 is 4.42 Å². The molecule has 1 heterocycles. The van der Waals surface area contributed by atoms with Crippen molar-refractivity contribution in [1.29, 1.82) is 0 Å². The van der Waals surface area contributed by atoms with Gasteiger partial charge in [0.15, 0.2) is 0 Å². The fraction of sp³-hybridized carbons (Fsp3) is 0.533. The second-order valence-electron chi connectivity index (χ2n) is 4.99. The van der Waals surface area contributed by atoms with Crippen LogP contribution in [0.1, 0.15) is 43.9 Å². The molecule has 16 heavy (non-hydrogen) atoms. The minimum Gasteiger partial charge on any atom is -0.464 e. The molecule has 86 valence electrons. The Morgan fingerprint density at radius 1 is 1.50 bits per heavy atom. The quantitative estimate of drug-likeness (QED) is 0.659. The Morgan fingerprint density at radius 2 is 2.31 bits per heavy atom. The van der Waals surface area contributed by atoms with Crippen molar-refractivity contribution >= 4 is 5.57 Å². The lowest BCUT2D eigenvalue weighted by Crippen LogP contribution is -2.14. The van der Waals surface area contributed by atoms with Gasteiger partial charge in [-0.05, 0) is 43.2 Å². The fourth-order valence-corrected chi connectivity index (χ4v) is 2.75. The molecule has 1 saturated carbocycles. The van der Waals surface area contributed by atoms with Crippen molar-refractivity contribution in [2.24, 2.45) is 11.8 Å². The molecule has 1 aliphatic rings. The number of furan rings is 1. The van der Waals surface area contributed by atoms with Crippen LogP contribution in [0.4, 0.5) is 0 Å². The largest absolute Gasteiger partial charge is 0.464 e. The zero-order chi connectivity index (χ0) is 11.5. The highest BCUT2D eigenvalue weighted by atomic mass is 16.3. The third-order valence-electron chi connectivity index (χ3n) is 3.64. The van der Waals surface area contributed by atoms with E-state index in [0.717, 1.165) is 11.7 Å². The Hall–Kier alpha value is -1.20. The van der Waals surface area contributed by atoms with E-state index in [0.29, 0.717) is 5.92 Å². The normalized spacial score (nSPS) is 25.1. The third kappa shape index (κ3) is 2.15. The number of aryl methyl sites for hydroxylation is 1. The maximum Gasteiger partial charge on any atom is 0.140 e. The van der Waals surface area contributed by atoms with E-state index in [1.54, 1.807) is 6.26 Å². The second-order valence-corrected chi connectivity index (χ2v) is 4.99. The van der Waals surface area contributed by atoms with Gasteiger partial charge in [-0.1, -0.05) is 26.3 Å². The number of hydrogen-bond acceptors (Lipinski definition) is 1. The number of hydrogen-bond donors (Lipinski definition) is 0. The number of allylic oxidation sites excluding steroid dienone is 1. The highest BCUT2D eigenvalue weighted by Crippen LogP contribution is 2.38. The second kappa shape index (κ2) is 4.76. The molecule has 0 aromatic carbocycles. The lowest BCUT2D eigenvalue weighted by Gasteiger charge is -2.27. The monoisotopic (exact) mass is 216 g/mol. The molecule has 0 amide bonds. The summed E-state index contributed by atoms with van der Waals surface area (Å²) in [5, 5.41) is 0. The first-order chi connectivity index (χ1) is 7.72. The minimum absolute atomic E-state index is 0.589. The Labute approximate surface area is 97.9 Å². The van der Waals surface area contributed by atoms with Crippen LogP contribution in [0.5, 0.6) is 0 Å². The summed E-state index contributed by atoms with van der Waals surface area (Å²) < 4.78 is 5.57. The van der Waals surface area contributed by atoms with Gasteiger partial charge in [0.05, 0.1) is 6.26 Å². The molecular weight excluding hydrogens is 196 g/mol. The molecule has 2 atom stereocenters. The van der Waals surface area contributed by atoms with Crippen LogP contribution in [-0.4, -0.2) is 0 Å². The van der Waals surface area contributed by atoms with Crippen LogP contribution in [0.3, 0.4) is 0 Å². The predicted octanol–water partition coefficient (Wildman–Crippen LogP) is 4.58. The van der Waals surface area contributed by atoms with E-state index < -0.39 is 0 Å². The van der Waals surface area contributed by atoms with Gasteiger partial charge in [0.25, 0.3) is 0 Å². The van der Waals surface area contributed by atoms with Gasteiger partial charge in [0.2, 0.25) is 0 Å². The minimum atomic E-state index is 0.589. The highest BCUT2D eigenvalue weighted by molar-refractivity contribution is 5.65. The van der Waals surface area contributed by atoms with Crippen molar-refractivity contribution < 1.29 is 4.42 Å². The Balaban J connectivity index is 2.24. The maximum atomic E-state index is 5.57. The molecule has 1 fully saturated rings. The average Bonchev–Trinajstić information content (AvgIpc) is 2.67. The first-order valence-corrected chi connectivity index (χ1v) is 6.16. The molecule has 1 aromatic heterocycles. The van der Waals surface area contributed by atoms with Gasteiger partial charge in [-0.25, -0.2) is 0 Å². The van der Waals surface area contributed by atoms with Crippen LogP contribution in [0, 0.1) is 18.8 Å². The molecule has 1 nitrogen and oxygen atoms in total. The van der Waals surface area contributed by atoms with Crippen LogP contribution in [-0.2, 0) is 0 Å². The van der Waals surface area contributed by atoms with Crippen molar-refractivity contribution in [1.82, 2.24) is 0 Å². The average molecular weight is 216 g/mol. The highest BCUT2D eigenvalue weighted by Gasteiger charge is 2.25. The summed E-state index contributed by atoms with van der Waals surface area (Å²) in [4.78, 5) is 0. The Kier molecular flexibility index (Phi) is 3.36. The van der Waals surface area contributed by atoms with Gasteiger partial charge >= 0.3 is 0 Å². The van der Waals surface area contributed by atoms with Crippen LogP contribution < -0.4 is 0 Å². The van der Waals surface area contributed by atoms with Crippen molar-refractivity contribution in [3.8, 4) is 0 Å². The maximum absolute atomic E-state index is 5.57. The molecular formula is C15H20O. The summed E-state index contributed by atoms with van der Waals surface area (Å²) in [5.74, 6) is 2.40. The van der Waals surface area contributed by atoms with Crippen molar-refractivity contribution in [2.45, 2.75) is 39.5 Å². The van der Waals surface area contributed by atoms with Crippen molar-refractivity contribution in [3.63, 3.8) is 0 Å². The topological polar surface area (TPSA) is 13.1 Å². The van der Waals surface area contributed by atoms with Gasteiger partial charge in [0, 0.05) is 5.57 Å². The van der Waals surface area contributed by atoms with Gasteiger partial charge in [-0.15, -0.1) is 5.73 Å². The summed E-state index contributed by atoms with van der Waals surface area (Å²) in [6.07, 6.45) is 6.93. The van der Waals surface area contributed by atoms with E-state index >= 15 is 0 Å². The van der Waals surface area contributed by atoms with Gasteiger partial charge in [-0.3, -0.25) is 0 Å². The summed E-state index contributed by atoms with van der Waals surface area (Å²) in [6.45, 7) is 8.26. The van der Waals surface area contributed by atoms with Gasteiger partial charge in [0.1, 0.15) is 5.76 Å². The van der Waals surface area contributed by atoms with Gasteiger partial charge in [-0.2, -0.15) is 0 Å². The molecule has 2 rings (SSSR count). The van der Waals surface area contributed by atoms with E-state index in [4.69, 9.17) is 4.42 Å². The molecule has 1 aliphatic carbocycles. The van der Waals surface area contributed by atoms with Crippen LogP contribution in [0.15, 0.2) is 29.1 Å². The lowest BCUT2D eigenvalue weighted by atomic mass is 9.78. The van der Waals surface area contributed by atoms with E-state index in [1.807, 2.05) is 6.07 Å². The zero-order valence-electron chi connectivity index (χ0n) is 10.3. The Bertz CT molecular complexity index is 407. The lowest BCUT2D eigenvalue weighted by molar-refractivity contribution is 0.329. The molecule has 0 spiro atoms. The van der Waals surface area contributed by atoms with E-state index in [2.05, 4.69) is 26.2 Å². The molecule has 0 aliphatic heterocycles. The van der Waals surface area contributed by atoms with Crippen molar-refractivity contribution in [3.05, 3.63) is 36.0 Å². The first kappa shape index (κ1) is 11.3. The zero-order valence-corrected chi connectivity index (χ0v) is 10.3. The molecule has 1 heteroatoms. The summed E-state index contributed by atoms with van der Waals surface area (Å²) >= 11 is 0. The molecule has 0 saturated heterocycles. The molecule has 0 bridgehead atoms. The Morgan fingerprint density at radius 3 is 2.88 bits per heavy atom. The smallest absolute Gasteiger partial charge is 0.140 e. The molecule has 1 aromatic rings. The third-order valence-corrected chi connectivity index (χ3v) is 3.64. The van der Waals surface area contributed by atoms with E-state index in [-0.39, 0.29) is 0 Å². The fourth-order valence-electron chi connectivity index (χ4n) is 2.75. The number of rotatable bonds is 2. The van der Waals surface area contributed by atoms with Crippen LogP contribution >= 0.6 is 0 Å². The summed E-state index contributed by atoms with van der Waals surface area (Å²) in [5.41, 5.74) is 5.50. The molecule has 0 N–H and O–H groups in total. The van der Waals surface area contributed by atoms with E-state index in [1.165, 1.54) is 36.8 Å². The molecule has 0 radical (unpaired) electrons. The van der Waals surface area contributed by atoms with Crippen LogP contribution in [0.2, 0.25) is 0 Å². The van der Waals surface area contributed by atoms with E-state index in [9.17, 15) is 0 Å². The predicted molar refractivity (Wildman–Crippen MR) is 67.1 cm³/mol. The van der Waals surface area contributed by atoms with Crippen LogP contribution in [0.25, 0.3) is 5.57 Å². The SMILES string of the molecule is C=C=C(c1occc1C)C1CCCC(C)C1.